The predicted molar refractivity (Wildman–Crippen MR) is 82.3 cm³/mol. The van der Waals surface area contributed by atoms with E-state index in [0.29, 0.717) is 10.6 Å². The fourth-order valence-electron chi connectivity index (χ4n) is 1.78. The van der Waals surface area contributed by atoms with Crippen LogP contribution in [-0.2, 0) is 11.5 Å². The molecule has 0 fully saturated rings. The topological polar surface area (TPSA) is 23.8 Å². The highest BCUT2D eigenvalue weighted by molar-refractivity contribution is 7.97. The zero-order valence-corrected chi connectivity index (χ0v) is 12.3. The van der Waals surface area contributed by atoms with Crippen LogP contribution in [0.2, 0.25) is 5.02 Å². The molecular formula is C16H14ClNS. The maximum Gasteiger partial charge on any atom is 0.0992 e. The van der Waals surface area contributed by atoms with E-state index in [1.54, 1.807) is 6.07 Å². The fraction of sp³-hybridized carbons (Fsp3) is 0.188. The minimum Gasteiger partial charge on any atom is -0.192 e. The summed E-state index contributed by atoms with van der Waals surface area (Å²) in [6, 6.07) is 16.0. The minimum atomic E-state index is 0.609. The van der Waals surface area contributed by atoms with Gasteiger partial charge in [0, 0.05) is 16.5 Å². The summed E-state index contributed by atoms with van der Waals surface area (Å²) < 4.78 is 0. The molecule has 1 nitrogen and oxygen atoms in total. The highest BCUT2D eigenvalue weighted by Gasteiger charge is 2.03. The third kappa shape index (κ3) is 3.76. The van der Waals surface area contributed by atoms with Crippen molar-refractivity contribution >= 4 is 23.4 Å². The minimum absolute atomic E-state index is 0.609. The molecule has 0 heterocycles. The van der Waals surface area contributed by atoms with Gasteiger partial charge in [0.1, 0.15) is 0 Å². The number of nitriles is 1. The summed E-state index contributed by atoms with van der Waals surface area (Å²) in [5.41, 5.74) is 4.37. The molecular weight excluding hydrogens is 274 g/mol. The number of hydrogen-bond acceptors (Lipinski definition) is 2. The molecule has 0 spiro atoms. The Labute approximate surface area is 123 Å². The first kappa shape index (κ1) is 14.0. The third-order valence-corrected chi connectivity index (χ3v) is 4.34. The summed E-state index contributed by atoms with van der Waals surface area (Å²) in [4.78, 5) is 0. The first-order valence-corrected chi connectivity index (χ1v) is 7.55. The lowest BCUT2D eigenvalue weighted by atomic mass is 10.1. The number of hydrogen-bond donors (Lipinski definition) is 0. The summed E-state index contributed by atoms with van der Waals surface area (Å²) in [6.07, 6.45) is 0. The fourth-order valence-corrected chi connectivity index (χ4v) is 3.22. The van der Waals surface area contributed by atoms with Crippen LogP contribution < -0.4 is 0 Å². The zero-order chi connectivity index (χ0) is 13.7. The van der Waals surface area contributed by atoms with Gasteiger partial charge in [-0.1, -0.05) is 41.9 Å². The van der Waals surface area contributed by atoms with Crippen LogP contribution in [0.25, 0.3) is 0 Å². The Morgan fingerprint density at radius 2 is 1.84 bits per heavy atom. The standard InChI is InChI=1S/C16H14ClNS/c1-12-4-2-3-5-14(12)10-19-11-15-7-6-13(9-18)8-16(15)17/h2-8H,10-11H2,1H3. The van der Waals surface area contributed by atoms with E-state index >= 15 is 0 Å². The Kier molecular flexibility index (Phi) is 4.90. The van der Waals surface area contributed by atoms with Gasteiger partial charge >= 0.3 is 0 Å². The van der Waals surface area contributed by atoms with Crippen molar-refractivity contribution in [2.75, 3.05) is 0 Å². The lowest BCUT2D eigenvalue weighted by Crippen LogP contribution is -1.88. The molecule has 0 atom stereocenters. The van der Waals surface area contributed by atoms with Crippen LogP contribution in [0.15, 0.2) is 42.5 Å². The molecule has 0 N–H and O–H groups in total. The Balaban J connectivity index is 1.97. The number of thioether (sulfide) groups is 1. The molecule has 0 bridgehead atoms. The van der Waals surface area contributed by atoms with Crippen molar-refractivity contribution in [2.24, 2.45) is 0 Å². The third-order valence-electron chi connectivity index (χ3n) is 2.96. The molecule has 0 amide bonds. The quantitative estimate of drug-likeness (QED) is 0.794. The summed E-state index contributed by atoms with van der Waals surface area (Å²) >= 11 is 7.99. The highest BCUT2D eigenvalue weighted by Crippen LogP contribution is 2.25. The molecule has 0 aliphatic carbocycles. The second kappa shape index (κ2) is 6.65. The van der Waals surface area contributed by atoms with Crippen LogP contribution >= 0.6 is 23.4 Å². The lowest BCUT2D eigenvalue weighted by Gasteiger charge is -2.07. The molecule has 0 aliphatic heterocycles. The molecule has 0 saturated heterocycles. The van der Waals surface area contributed by atoms with Crippen LogP contribution in [0.1, 0.15) is 22.3 Å². The Morgan fingerprint density at radius 1 is 1.11 bits per heavy atom. The van der Waals surface area contributed by atoms with Crippen molar-refractivity contribution in [3.63, 3.8) is 0 Å². The molecule has 0 unspecified atom stereocenters. The van der Waals surface area contributed by atoms with Crippen LogP contribution in [0.4, 0.5) is 0 Å². The van der Waals surface area contributed by atoms with E-state index in [2.05, 4.69) is 37.3 Å². The van der Waals surface area contributed by atoms with Crippen LogP contribution in [-0.4, -0.2) is 0 Å². The molecule has 19 heavy (non-hydrogen) atoms. The smallest absolute Gasteiger partial charge is 0.0992 e. The molecule has 2 rings (SSSR count). The van der Waals surface area contributed by atoms with Crippen LogP contribution in [0, 0.1) is 18.3 Å². The maximum atomic E-state index is 8.79. The van der Waals surface area contributed by atoms with Crippen LogP contribution in [0.3, 0.4) is 0 Å². The molecule has 0 aromatic heterocycles. The number of halogens is 1. The van der Waals surface area contributed by atoms with Crippen molar-refractivity contribution in [3.05, 3.63) is 69.7 Å². The number of rotatable bonds is 4. The average molecular weight is 288 g/mol. The van der Waals surface area contributed by atoms with E-state index in [1.165, 1.54) is 11.1 Å². The van der Waals surface area contributed by atoms with Gasteiger partial charge in [-0.3, -0.25) is 0 Å². The highest BCUT2D eigenvalue weighted by atomic mass is 35.5. The summed E-state index contributed by atoms with van der Waals surface area (Å²) in [5.74, 6) is 1.84. The van der Waals surface area contributed by atoms with E-state index in [9.17, 15) is 0 Å². The van der Waals surface area contributed by atoms with Gasteiger partial charge in [0.05, 0.1) is 11.6 Å². The van der Waals surface area contributed by atoms with E-state index < -0.39 is 0 Å². The Morgan fingerprint density at radius 3 is 2.53 bits per heavy atom. The van der Waals surface area contributed by atoms with Crippen molar-refractivity contribution < 1.29 is 0 Å². The van der Waals surface area contributed by atoms with Gasteiger partial charge in [0.15, 0.2) is 0 Å². The summed E-state index contributed by atoms with van der Waals surface area (Å²) in [6.45, 7) is 2.13. The van der Waals surface area contributed by atoms with E-state index in [1.807, 2.05) is 23.9 Å². The largest absolute Gasteiger partial charge is 0.192 e. The lowest BCUT2D eigenvalue weighted by molar-refractivity contribution is 1.29. The van der Waals surface area contributed by atoms with Gasteiger partial charge in [-0.25, -0.2) is 0 Å². The van der Waals surface area contributed by atoms with Gasteiger partial charge in [-0.15, -0.1) is 0 Å². The second-order valence-electron chi connectivity index (χ2n) is 4.34. The predicted octanol–water partition coefficient (Wildman–Crippen LogP) is 4.95. The SMILES string of the molecule is Cc1ccccc1CSCc1ccc(C#N)cc1Cl. The summed E-state index contributed by atoms with van der Waals surface area (Å²) in [5, 5.41) is 9.47. The van der Waals surface area contributed by atoms with E-state index in [4.69, 9.17) is 16.9 Å². The van der Waals surface area contributed by atoms with Gasteiger partial charge in [-0.05, 0) is 35.7 Å². The monoisotopic (exact) mass is 287 g/mol. The van der Waals surface area contributed by atoms with Crippen molar-refractivity contribution in [1.29, 1.82) is 5.26 Å². The molecule has 0 aliphatic rings. The number of benzene rings is 2. The van der Waals surface area contributed by atoms with Crippen molar-refractivity contribution in [1.82, 2.24) is 0 Å². The van der Waals surface area contributed by atoms with Crippen molar-refractivity contribution in [2.45, 2.75) is 18.4 Å². The number of aryl methyl sites for hydroxylation is 1. The van der Waals surface area contributed by atoms with Crippen molar-refractivity contribution in [3.8, 4) is 6.07 Å². The first-order chi connectivity index (χ1) is 9.20. The van der Waals surface area contributed by atoms with Gasteiger partial charge in [0.25, 0.3) is 0 Å². The normalized spacial score (nSPS) is 10.2. The Hall–Kier alpha value is -1.43. The molecule has 2 aromatic carbocycles. The molecule has 2 aromatic rings. The van der Waals surface area contributed by atoms with E-state index in [-0.39, 0.29) is 0 Å². The Bertz CT molecular complexity index is 616. The molecule has 0 radical (unpaired) electrons. The van der Waals surface area contributed by atoms with Gasteiger partial charge in [-0.2, -0.15) is 17.0 Å². The molecule has 96 valence electrons. The zero-order valence-electron chi connectivity index (χ0n) is 10.7. The molecule has 3 heteroatoms. The van der Waals surface area contributed by atoms with E-state index in [0.717, 1.165) is 17.1 Å². The van der Waals surface area contributed by atoms with Gasteiger partial charge in [0.2, 0.25) is 0 Å². The second-order valence-corrected chi connectivity index (χ2v) is 5.73. The van der Waals surface area contributed by atoms with Gasteiger partial charge < -0.3 is 0 Å². The summed E-state index contributed by atoms with van der Waals surface area (Å²) in [7, 11) is 0. The first-order valence-electron chi connectivity index (χ1n) is 6.01. The molecule has 0 saturated carbocycles. The maximum absolute atomic E-state index is 8.79. The average Bonchev–Trinajstić information content (AvgIpc) is 2.42. The van der Waals surface area contributed by atoms with Crippen LogP contribution in [0.5, 0.6) is 0 Å². The number of nitrogens with zero attached hydrogens (tertiary/aromatic N) is 1.